The van der Waals surface area contributed by atoms with E-state index in [4.69, 9.17) is 10.5 Å². The third-order valence-corrected chi connectivity index (χ3v) is 2.51. The van der Waals surface area contributed by atoms with Crippen molar-refractivity contribution in [3.8, 4) is 0 Å². The Kier molecular flexibility index (Phi) is 5.58. The average Bonchev–Trinajstić information content (AvgIpc) is 2.31. The molecule has 0 bridgehead atoms. The maximum Gasteiger partial charge on any atom is 0.401 e. The lowest BCUT2D eigenvalue weighted by molar-refractivity contribution is -0.126. The van der Waals surface area contributed by atoms with Crippen LogP contribution in [0, 0.1) is 0 Å². The highest BCUT2D eigenvalue weighted by Crippen LogP contribution is 2.20. The quantitative estimate of drug-likeness (QED) is 0.824. The molecule has 1 aromatic carbocycles. The third kappa shape index (κ3) is 4.64. The fraction of sp³-hybridized carbons (Fsp3) is 0.500. The van der Waals surface area contributed by atoms with Crippen molar-refractivity contribution in [1.82, 2.24) is 5.32 Å². The van der Waals surface area contributed by atoms with Crippen LogP contribution in [0.2, 0.25) is 0 Å². The van der Waals surface area contributed by atoms with Gasteiger partial charge in [0.25, 0.3) is 0 Å². The first-order valence-corrected chi connectivity index (χ1v) is 5.55. The van der Waals surface area contributed by atoms with Crippen molar-refractivity contribution in [3.63, 3.8) is 0 Å². The largest absolute Gasteiger partial charge is 0.401 e. The topological polar surface area (TPSA) is 47.3 Å². The second-order valence-corrected chi connectivity index (χ2v) is 3.92. The zero-order valence-electron chi connectivity index (χ0n) is 10.1. The monoisotopic (exact) mass is 262 g/mol. The lowest BCUT2D eigenvalue weighted by atomic mass is 10.0. The van der Waals surface area contributed by atoms with Gasteiger partial charge in [-0.05, 0) is 11.1 Å². The van der Waals surface area contributed by atoms with E-state index in [1.54, 1.807) is 12.1 Å². The molecule has 0 spiro atoms. The van der Waals surface area contributed by atoms with E-state index in [0.717, 1.165) is 11.1 Å². The van der Waals surface area contributed by atoms with Crippen LogP contribution in [0.1, 0.15) is 17.2 Å². The van der Waals surface area contributed by atoms with Crippen LogP contribution < -0.4 is 11.1 Å². The minimum Gasteiger partial charge on any atom is -0.380 e. The Labute approximate surface area is 104 Å². The van der Waals surface area contributed by atoms with Crippen molar-refractivity contribution < 1.29 is 17.9 Å². The standard InChI is InChI=1S/C12H17F3N2O/c1-18-7-9-4-2-3-5-10(9)11(6-16)17-8-12(13,14)15/h2-5,11,17H,6-8,16H2,1H3. The molecule has 0 aromatic heterocycles. The van der Waals surface area contributed by atoms with Crippen LogP contribution in [-0.4, -0.2) is 26.4 Å². The van der Waals surface area contributed by atoms with E-state index in [2.05, 4.69) is 5.32 Å². The molecule has 0 aliphatic heterocycles. The normalized spacial score (nSPS) is 13.6. The van der Waals surface area contributed by atoms with Gasteiger partial charge >= 0.3 is 6.18 Å². The van der Waals surface area contributed by atoms with Crippen molar-refractivity contribution in [2.75, 3.05) is 20.2 Å². The molecule has 0 heterocycles. The molecule has 0 radical (unpaired) electrons. The summed E-state index contributed by atoms with van der Waals surface area (Å²) in [5.74, 6) is 0. The number of rotatable bonds is 6. The number of hydrogen-bond acceptors (Lipinski definition) is 3. The van der Waals surface area contributed by atoms with Crippen LogP contribution in [0.4, 0.5) is 13.2 Å². The summed E-state index contributed by atoms with van der Waals surface area (Å²) in [5.41, 5.74) is 7.11. The van der Waals surface area contributed by atoms with Crippen LogP contribution in [0.3, 0.4) is 0 Å². The summed E-state index contributed by atoms with van der Waals surface area (Å²) in [6, 6.07) is 6.63. The first-order valence-electron chi connectivity index (χ1n) is 5.55. The van der Waals surface area contributed by atoms with E-state index >= 15 is 0 Å². The predicted octanol–water partition coefficient (Wildman–Crippen LogP) is 1.98. The second-order valence-electron chi connectivity index (χ2n) is 3.92. The summed E-state index contributed by atoms with van der Waals surface area (Å²) in [6.07, 6.45) is -4.25. The maximum absolute atomic E-state index is 12.2. The molecule has 102 valence electrons. The van der Waals surface area contributed by atoms with Crippen molar-refractivity contribution in [1.29, 1.82) is 0 Å². The predicted molar refractivity (Wildman–Crippen MR) is 63.0 cm³/mol. The minimum absolute atomic E-state index is 0.0941. The van der Waals surface area contributed by atoms with Gasteiger partial charge in [0.2, 0.25) is 0 Å². The molecule has 1 atom stereocenters. The number of benzene rings is 1. The highest BCUT2D eigenvalue weighted by molar-refractivity contribution is 5.29. The number of nitrogens with one attached hydrogen (secondary N) is 1. The smallest absolute Gasteiger partial charge is 0.380 e. The van der Waals surface area contributed by atoms with E-state index in [1.165, 1.54) is 7.11 Å². The molecule has 1 rings (SSSR count). The molecule has 6 heteroatoms. The number of hydrogen-bond donors (Lipinski definition) is 2. The average molecular weight is 262 g/mol. The fourth-order valence-corrected chi connectivity index (χ4v) is 1.72. The molecular formula is C12H17F3N2O. The number of halogens is 3. The van der Waals surface area contributed by atoms with Gasteiger partial charge in [0.05, 0.1) is 13.2 Å². The van der Waals surface area contributed by atoms with Crippen LogP contribution in [-0.2, 0) is 11.3 Å². The maximum atomic E-state index is 12.2. The first kappa shape index (κ1) is 14.9. The molecular weight excluding hydrogens is 245 g/mol. The summed E-state index contributed by atoms with van der Waals surface area (Å²) in [7, 11) is 1.54. The number of alkyl halides is 3. The number of ether oxygens (including phenoxy) is 1. The van der Waals surface area contributed by atoms with E-state index in [1.807, 2.05) is 12.1 Å². The van der Waals surface area contributed by atoms with Crippen molar-refractivity contribution in [2.24, 2.45) is 5.73 Å². The van der Waals surface area contributed by atoms with E-state index < -0.39 is 18.8 Å². The molecule has 18 heavy (non-hydrogen) atoms. The molecule has 1 unspecified atom stereocenters. The Morgan fingerprint density at radius 3 is 2.56 bits per heavy atom. The van der Waals surface area contributed by atoms with Gasteiger partial charge in [0, 0.05) is 19.7 Å². The zero-order valence-corrected chi connectivity index (χ0v) is 10.1. The van der Waals surface area contributed by atoms with Crippen molar-refractivity contribution in [3.05, 3.63) is 35.4 Å². The number of nitrogens with two attached hydrogens (primary N) is 1. The summed E-state index contributed by atoms with van der Waals surface area (Å²) < 4.78 is 41.6. The zero-order chi connectivity index (χ0) is 13.6. The van der Waals surface area contributed by atoms with Crippen LogP contribution in [0.25, 0.3) is 0 Å². The molecule has 0 aliphatic carbocycles. The van der Waals surface area contributed by atoms with Gasteiger partial charge in [-0.3, -0.25) is 0 Å². The molecule has 3 N–H and O–H groups in total. The summed E-state index contributed by atoms with van der Waals surface area (Å²) >= 11 is 0. The van der Waals surface area contributed by atoms with E-state index in [9.17, 15) is 13.2 Å². The van der Waals surface area contributed by atoms with Crippen LogP contribution >= 0.6 is 0 Å². The molecule has 1 aromatic rings. The van der Waals surface area contributed by atoms with Gasteiger partial charge in [0.15, 0.2) is 0 Å². The Hall–Kier alpha value is -1.11. The highest BCUT2D eigenvalue weighted by Gasteiger charge is 2.28. The van der Waals surface area contributed by atoms with Crippen molar-refractivity contribution in [2.45, 2.75) is 18.8 Å². The van der Waals surface area contributed by atoms with Gasteiger partial charge in [-0.1, -0.05) is 24.3 Å². The molecule has 0 saturated carbocycles. The van der Waals surface area contributed by atoms with Crippen LogP contribution in [0.5, 0.6) is 0 Å². The fourth-order valence-electron chi connectivity index (χ4n) is 1.72. The Morgan fingerprint density at radius 2 is 2.00 bits per heavy atom. The Bertz CT molecular complexity index is 369. The molecule has 0 amide bonds. The minimum atomic E-state index is -4.25. The molecule has 0 fully saturated rings. The molecule has 0 aliphatic rings. The highest BCUT2D eigenvalue weighted by atomic mass is 19.4. The van der Waals surface area contributed by atoms with Gasteiger partial charge in [-0.2, -0.15) is 13.2 Å². The van der Waals surface area contributed by atoms with Gasteiger partial charge in [-0.15, -0.1) is 0 Å². The van der Waals surface area contributed by atoms with Gasteiger partial charge in [0.1, 0.15) is 0 Å². The molecule has 0 saturated heterocycles. The molecule has 3 nitrogen and oxygen atoms in total. The van der Waals surface area contributed by atoms with E-state index in [0.29, 0.717) is 6.61 Å². The Morgan fingerprint density at radius 1 is 1.33 bits per heavy atom. The summed E-state index contributed by atoms with van der Waals surface area (Å²) in [4.78, 5) is 0. The van der Waals surface area contributed by atoms with Gasteiger partial charge < -0.3 is 15.8 Å². The lowest BCUT2D eigenvalue weighted by Gasteiger charge is -2.21. The lowest BCUT2D eigenvalue weighted by Crippen LogP contribution is -2.36. The second kappa shape index (κ2) is 6.72. The number of methoxy groups -OCH3 is 1. The summed E-state index contributed by atoms with van der Waals surface area (Å²) in [5, 5.41) is 2.42. The SMILES string of the molecule is COCc1ccccc1C(CN)NCC(F)(F)F. The summed E-state index contributed by atoms with van der Waals surface area (Å²) in [6.45, 7) is -0.618. The Balaban J connectivity index is 2.81. The first-order chi connectivity index (χ1) is 8.48. The van der Waals surface area contributed by atoms with Crippen molar-refractivity contribution >= 4 is 0 Å². The van der Waals surface area contributed by atoms with Crippen LogP contribution in [0.15, 0.2) is 24.3 Å². The van der Waals surface area contributed by atoms with E-state index in [-0.39, 0.29) is 6.54 Å². The third-order valence-electron chi connectivity index (χ3n) is 2.51. The van der Waals surface area contributed by atoms with Gasteiger partial charge in [-0.25, -0.2) is 0 Å².